The van der Waals surface area contributed by atoms with Gasteiger partial charge in [-0.1, -0.05) is 39.3 Å². The summed E-state index contributed by atoms with van der Waals surface area (Å²) in [7, 11) is -3.41. The highest BCUT2D eigenvalue weighted by Crippen LogP contribution is 1.96. The van der Waals surface area contributed by atoms with Gasteiger partial charge in [0.1, 0.15) is 16.5 Å². The van der Waals surface area contributed by atoms with Gasteiger partial charge in [-0.05, 0) is 0 Å². The largest absolute Gasteiger partial charge is 0.374 e. The first-order valence-electron chi connectivity index (χ1n) is 4.66. The van der Waals surface area contributed by atoms with Crippen LogP contribution in [0.3, 0.4) is 0 Å². The zero-order valence-corrected chi connectivity index (χ0v) is 11.8. The van der Waals surface area contributed by atoms with Gasteiger partial charge in [0.25, 0.3) is 0 Å². The van der Waals surface area contributed by atoms with Crippen molar-refractivity contribution in [3.63, 3.8) is 0 Å². The van der Waals surface area contributed by atoms with Gasteiger partial charge in [0.05, 0.1) is 0 Å². The molecule has 0 aromatic heterocycles. The summed E-state index contributed by atoms with van der Waals surface area (Å²) in [6.07, 6.45) is 0. The molecule has 14 heavy (non-hydrogen) atoms. The molecule has 0 saturated heterocycles. The van der Waals surface area contributed by atoms with Gasteiger partial charge >= 0.3 is 11.8 Å². The van der Waals surface area contributed by atoms with Crippen LogP contribution in [0.1, 0.15) is 0 Å². The molecule has 0 saturated carbocycles. The third kappa shape index (κ3) is 6.84. The Morgan fingerprint density at radius 1 is 0.714 bits per heavy atom. The standard InChI is InChI=1S/C8H20N2O2Si2/c1-13(2,3)9-7(11)8(12)10-14(4,5)6/h1-6H3,(H,9,11)(H,10,12). The van der Waals surface area contributed by atoms with Crippen LogP contribution in [0.2, 0.25) is 39.3 Å². The van der Waals surface area contributed by atoms with Crippen molar-refractivity contribution >= 4 is 28.3 Å². The number of hydrogen-bond acceptors (Lipinski definition) is 2. The molecule has 0 aromatic carbocycles. The highest BCUT2D eigenvalue weighted by molar-refractivity contribution is 6.80. The Morgan fingerprint density at radius 3 is 1.07 bits per heavy atom. The molecule has 0 unspecified atom stereocenters. The van der Waals surface area contributed by atoms with Crippen LogP contribution in [0.15, 0.2) is 0 Å². The van der Waals surface area contributed by atoms with Gasteiger partial charge < -0.3 is 9.96 Å². The molecule has 0 spiro atoms. The number of rotatable bonds is 2. The lowest BCUT2D eigenvalue weighted by Crippen LogP contribution is -2.56. The predicted octanol–water partition coefficient (Wildman–Crippen LogP) is 0.889. The molecule has 0 heterocycles. The number of carbonyl (C=O) groups excluding carboxylic acids is 2. The van der Waals surface area contributed by atoms with E-state index in [1.165, 1.54) is 0 Å². The van der Waals surface area contributed by atoms with Crippen LogP contribution < -0.4 is 9.96 Å². The summed E-state index contributed by atoms with van der Waals surface area (Å²) in [5, 5.41) is 0. The van der Waals surface area contributed by atoms with Crippen molar-refractivity contribution in [3.8, 4) is 0 Å². The Balaban J connectivity index is 4.22. The lowest BCUT2D eigenvalue weighted by molar-refractivity contribution is -0.137. The Kier molecular flexibility index (Phi) is 4.07. The van der Waals surface area contributed by atoms with Gasteiger partial charge in [-0.2, -0.15) is 0 Å². The molecular weight excluding hydrogens is 212 g/mol. The zero-order chi connectivity index (χ0) is 11.6. The van der Waals surface area contributed by atoms with Crippen molar-refractivity contribution in [2.45, 2.75) is 39.3 Å². The van der Waals surface area contributed by atoms with E-state index < -0.39 is 28.3 Å². The lowest BCUT2D eigenvalue weighted by atomic mass is 10.6. The van der Waals surface area contributed by atoms with Crippen LogP contribution in [-0.4, -0.2) is 28.3 Å². The summed E-state index contributed by atoms with van der Waals surface area (Å²) in [5.41, 5.74) is 0. The van der Waals surface area contributed by atoms with Crippen molar-refractivity contribution in [1.29, 1.82) is 0 Å². The Labute approximate surface area is 87.6 Å². The van der Waals surface area contributed by atoms with E-state index in [0.717, 1.165) is 0 Å². The molecule has 82 valence electrons. The van der Waals surface area contributed by atoms with E-state index in [1.54, 1.807) is 0 Å². The monoisotopic (exact) mass is 232 g/mol. The minimum Gasteiger partial charge on any atom is -0.374 e. The van der Waals surface area contributed by atoms with Gasteiger partial charge in [-0.3, -0.25) is 9.59 Å². The normalized spacial score (nSPS) is 12.1. The third-order valence-electron chi connectivity index (χ3n) is 1.18. The van der Waals surface area contributed by atoms with Gasteiger partial charge in [0.2, 0.25) is 0 Å². The SMILES string of the molecule is C[Si](C)(C)NC(=O)C(=O)N[Si](C)(C)C. The molecule has 0 atom stereocenters. The smallest absolute Gasteiger partial charge is 0.300 e. The fourth-order valence-corrected chi connectivity index (χ4v) is 2.38. The second-order valence-corrected chi connectivity index (χ2v) is 14.9. The predicted molar refractivity (Wildman–Crippen MR) is 63.0 cm³/mol. The molecule has 2 amide bonds. The van der Waals surface area contributed by atoms with Gasteiger partial charge in [-0.25, -0.2) is 0 Å². The van der Waals surface area contributed by atoms with Crippen molar-refractivity contribution in [2.75, 3.05) is 0 Å². The number of carbonyl (C=O) groups is 2. The Morgan fingerprint density at radius 2 is 0.929 bits per heavy atom. The number of amides is 2. The van der Waals surface area contributed by atoms with Gasteiger partial charge in [0.15, 0.2) is 0 Å². The van der Waals surface area contributed by atoms with E-state index >= 15 is 0 Å². The maximum absolute atomic E-state index is 11.4. The van der Waals surface area contributed by atoms with Crippen molar-refractivity contribution < 1.29 is 9.59 Å². The van der Waals surface area contributed by atoms with E-state index in [9.17, 15) is 9.59 Å². The number of hydrogen-bond donors (Lipinski definition) is 2. The van der Waals surface area contributed by atoms with Crippen LogP contribution in [0.25, 0.3) is 0 Å². The van der Waals surface area contributed by atoms with Crippen LogP contribution in [0, 0.1) is 0 Å². The lowest BCUT2D eigenvalue weighted by Gasteiger charge is -2.21. The summed E-state index contributed by atoms with van der Waals surface area (Å²) < 4.78 is 0. The summed E-state index contributed by atoms with van der Waals surface area (Å²) in [4.78, 5) is 28.2. The molecular formula is C8H20N2O2Si2. The second kappa shape index (κ2) is 4.26. The van der Waals surface area contributed by atoms with Gasteiger partial charge in [0, 0.05) is 0 Å². The highest BCUT2D eigenvalue weighted by Gasteiger charge is 2.25. The quantitative estimate of drug-likeness (QED) is 0.549. The minimum absolute atomic E-state index is 0.494. The Bertz CT molecular complexity index is 215. The van der Waals surface area contributed by atoms with Gasteiger partial charge in [-0.15, -0.1) is 0 Å². The van der Waals surface area contributed by atoms with Crippen LogP contribution in [0.4, 0.5) is 0 Å². The second-order valence-electron chi connectivity index (χ2n) is 5.41. The fraction of sp³-hybridized carbons (Fsp3) is 0.750. The summed E-state index contributed by atoms with van der Waals surface area (Å²) in [5.74, 6) is -0.988. The minimum atomic E-state index is -1.70. The molecule has 0 radical (unpaired) electrons. The van der Waals surface area contributed by atoms with E-state index in [1.807, 2.05) is 39.3 Å². The first-order chi connectivity index (χ1) is 6.01. The van der Waals surface area contributed by atoms with E-state index in [4.69, 9.17) is 0 Å². The summed E-state index contributed by atoms with van der Waals surface area (Å²) >= 11 is 0. The first-order valence-corrected chi connectivity index (χ1v) is 11.7. The van der Waals surface area contributed by atoms with Crippen LogP contribution >= 0.6 is 0 Å². The molecule has 4 nitrogen and oxygen atoms in total. The number of nitrogens with one attached hydrogen (secondary N) is 2. The average molecular weight is 232 g/mol. The topological polar surface area (TPSA) is 58.2 Å². The van der Waals surface area contributed by atoms with Crippen molar-refractivity contribution in [2.24, 2.45) is 0 Å². The molecule has 0 aromatic rings. The van der Waals surface area contributed by atoms with Crippen LogP contribution in [-0.2, 0) is 9.59 Å². The third-order valence-corrected chi connectivity index (χ3v) is 3.14. The summed E-state index contributed by atoms with van der Waals surface area (Å²) in [6, 6.07) is 0. The maximum atomic E-state index is 11.4. The first kappa shape index (κ1) is 13.4. The zero-order valence-electron chi connectivity index (χ0n) is 9.82. The van der Waals surface area contributed by atoms with Crippen LogP contribution in [0.5, 0.6) is 0 Å². The van der Waals surface area contributed by atoms with E-state index in [0.29, 0.717) is 0 Å². The average Bonchev–Trinajstić information content (AvgIpc) is 1.78. The molecule has 0 fully saturated rings. The van der Waals surface area contributed by atoms with E-state index in [-0.39, 0.29) is 0 Å². The molecule has 0 bridgehead atoms. The molecule has 0 rings (SSSR count). The van der Waals surface area contributed by atoms with Crippen molar-refractivity contribution in [3.05, 3.63) is 0 Å². The molecule has 0 aliphatic heterocycles. The Hall–Kier alpha value is -0.626. The maximum Gasteiger partial charge on any atom is 0.300 e. The summed E-state index contributed by atoms with van der Waals surface area (Å²) in [6.45, 7) is 11.9. The molecule has 0 aliphatic carbocycles. The van der Waals surface area contributed by atoms with E-state index in [2.05, 4.69) is 9.96 Å². The molecule has 2 N–H and O–H groups in total. The molecule has 6 heteroatoms. The molecule has 0 aliphatic rings. The highest BCUT2D eigenvalue weighted by atomic mass is 28.3. The fourth-order valence-electron chi connectivity index (χ4n) is 0.795. The van der Waals surface area contributed by atoms with Crippen molar-refractivity contribution in [1.82, 2.24) is 9.96 Å².